The normalized spacial score (nSPS) is 12.0. The highest BCUT2D eigenvalue weighted by atomic mass is 32.1. The summed E-state index contributed by atoms with van der Waals surface area (Å²) in [6.07, 6.45) is 0. The maximum atomic E-state index is 2.46. The van der Waals surface area contributed by atoms with E-state index in [1.807, 2.05) is 22.7 Å². The van der Waals surface area contributed by atoms with E-state index in [1.165, 1.54) is 95.2 Å². The van der Waals surface area contributed by atoms with Gasteiger partial charge in [0.25, 0.3) is 0 Å². The molecule has 0 fully saturated rings. The smallest absolute Gasteiger partial charge is 0.0540 e. The van der Waals surface area contributed by atoms with Crippen LogP contribution in [-0.2, 0) is 0 Å². The van der Waals surface area contributed by atoms with Gasteiger partial charge in [-0.25, -0.2) is 0 Å². The van der Waals surface area contributed by atoms with Gasteiger partial charge in [0.15, 0.2) is 0 Å². The van der Waals surface area contributed by atoms with E-state index >= 15 is 0 Å². The van der Waals surface area contributed by atoms with Crippen molar-refractivity contribution < 1.29 is 0 Å². The van der Waals surface area contributed by atoms with E-state index in [2.05, 4.69) is 206 Å². The second-order valence-electron chi connectivity index (χ2n) is 15.5. The second-order valence-corrected chi connectivity index (χ2v) is 17.7. The molecule has 0 saturated carbocycles. The average Bonchev–Trinajstić information content (AvgIpc) is 3.83. The summed E-state index contributed by atoms with van der Waals surface area (Å²) in [6.45, 7) is 4.32. The van der Waals surface area contributed by atoms with Crippen LogP contribution in [0.5, 0.6) is 0 Å². The Balaban J connectivity index is 1.10. The van der Waals surface area contributed by atoms with Crippen LogP contribution in [0.2, 0.25) is 0 Å². The van der Waals surface area contributed by atoms with Crippen molar-refractivity contribution in [3.8, 4) is 0 Å². The molecule has 2 aromatic heterocycles. The van der Waals surface area contributed by atoms with Crippen LogP contribution in [-0.4, -0.2) is 0 Å². The number of hydrogen-bond acceptors (Lipinski definition) is 4. The third kappa shape index (κ3) is 5.15. The van der Waals surface area contributed by atoms with Crippen LogP contribution in [0.15, 0.2) is 182 Å². The summed E-state index contributed by atoms with van der Waals surface area (Å²) < 4.78 is 5.25. The van der Waals surface area contributed by atoms with Gasteiger partial charge in [0.05, 0.1) is 11.4 Å². The number of benzene rings is 10. The van der Waals surface area contributed by atoms with Crippen LogP contribution in [0.4, 0.5) is 34.1 Å². The number of aryl methyl sites for hydroxylation is 2. The molecule has 10 aromatic carbocycles. The summed E-state index contributed by atoms with van der Waals surface area (Å²) in [5, 5.41) is 12.7. The van der Waals surface area contributed by atoms with Gasteiger partial charge in [-0.15, -0.1) is 22.7 Å². The van der Waals surface area contributed by atoms with E-state index in [0.717, 1.165) is 22.7 Å². The Morgan fingerprint density at radius 1 is 0.310 bits per heavy atom. The van der Waals surface area contributed by atoms with Crippen LogP contribution in [0, 0.1) is 13.8 Å². The molecule has 0 aliphatic carbocycles. The minimum atomic E-state index is 1.14. The molecule has 0 bridgehead atoms. The molecule has 58 heavy (non-hydrogen) atoms. The van der Waals surface area contributed by atoms with E-state index < -0.39 is 0 Å². The topological polar surface area (TPSA) is 6.48 Å². The quantitative estimate of drug-likeness (QED) is 0.155. The van der Waals surface area contributed by atoms with E-state index in [0.29, 0.717) is 0 Å². The first-order chi connectivity index (χ1) is 28.6. The van der Waals surface area contributed by atoms with Crippen molar-refractivity contribution in [2.45, 2.75) is 13.8 Å². The molecule has 274 valence electrons. The highest BCUT2D eigenvalue weighted by Gasteiger charge is 2.23. The number of nitrogens with zero attached hydrogens (tertiary/aromatic N) is 2. The minimum absolute atomic E-state index is 1.14. The van der Waals surface area contributed by atoms with Gasteiger partial charge < -0.3 is 9.80 Å². The van der Waals surface area contributed by atoms with Gasteiger partial charge >= 0.3 is 0 Å². The van der Waals surface area contributed by atoms with Crippen molar-refractivity contribution in [3.05, 3.63) is 193 Å². The first-order valence-corrected chi connectivity index (χ1v) is 21.5. The molecule has 0 aliphatic heterocycles. The first kappa shape index (κ1) is 33.4. The Morgan fingerprint density at radius 2 is 0.690 bits per heavy atom. The lowest BCUT2D eigenvalue weighted by molar-refractivity contribution is 1.29. The predicted octanol–water partition coefficient (Wildman–Crippen LogP) is 16.9. The molecule has 4 heteroatoms. The number of thiophene rings is 2. The van der Waals surface area contributed by atoms with E-state index in [4.69, 9.17) is 0 Å². The highest BCUT2D eigenvalue weighted by Crippen LogP contribution is 2.49. The maximum Gasteiger partial charge on any atom is 0.0540 e. The molecule has 0 spiro atoms. The lowest BCUT2D eigenvalue weighted by atomic mass is 9.91. The molecular formula is C54H36N2S2. The van der Waals surface area contributed by atoms with Gasteiger partial charge in [-0.05, 0) is 120 Å². The lowest BCUT2D eigenvalue weighted by Gasteiger charge is -2.29. The van der Waals surface area contributed by atoms with E-state index in [-0.39, 0.29) is 0 Å². The zero-order valence-electron chi connectivity index (χ0n) is 32.0. The van der Waals surface area contributed by atoms with Crippen LogP contribution in [0.1, 0.15) is 11.1 Å². The average molecular weight is 777 g/mol. The molecular weight excluding hydrogens is 741 g/mol. The van der Waals surface area contributed by atoms with Gasteiger partial charge in [-0.2, -0.15) is 0 Å². The number of fused-ring (bicyclic) bond motifs is 6. The summed E-state index contributed by atoms with van der Waals surface area (Å²) >= 11 is 3.73. The lowest BCUT2D eigenvalue weighted by Crippen LogP contribution is -2.11. The SMILES string of the molecule is Cc1ccc(N(c2ccc3sc4ccccc4c3c2)c2ccc3ccc4c(N(c5ccc(C)cc5)c5ccc6sc7ccccc7c6c5)ccc5ccc2c3c54)cc1. The summed E-state index contributed by atoms with van der Waals surface area (Å²) in [7, 11) is 0. The van der Waals surface area contributed by atoms with Crippen LogP contribution >= 0.6 is 22.7 Å². The second kappa shape index (κ2) is 12.9. The predicted molar refractivity (Wildman–Crippen MR) is 255 cm³/mol. The Bertz CT molecular complexity index is 3300. The summed E-state index contributed by atoms with van der Waals surface area (Å²) in [4.78, 5) is 4.91. The molecule has 12 aromatic rings. The van der Waals surface area contributed by atoms with E-state index in [1.54, 1.807) is 0 Å². The van der Waals surface area contributed by atoms with Crippen LogP contribution in [0.3, 0.4) is 0 Å². The molecule has 0 radical (unpaired) electrons. The minimum Gasteiger partial charge on any atom is -0.310 e. The fourth-order valence-electron chi connectivity index (χ4n) is 9.11. The van der Waals surface area contributed by atoms with Crippen molar-refractivity contribution in [1.82, 2.24) is 0 Å². The first-order valence-electron chi connectivity index (χ1n) is 19.8. The van der Waals surface area contributed by atoms with Gasteiger partial charge in [0.1, 0.15) is 0 Å². The Morgan fingerprint density at radius 3 is 1.14 bits per heavy atom. The van der Waals surface area contributed by atoms with Crippen molar-refractivity contribution in [1.29, 1.82) is 0 Å². The summed E-state index contributed by atoms with van der Waals surface area (Å²) in [6, 6.07) is 68.0. The third-order valence-corrected chi connectivity index (χ3v) is 14.2. The molecule has 2 heterocycles. The fourth-order valence-corrected chi connectivity index (χ4v) is 11.3. The van der Waals surface area contributed by atoms with Gasteiger partial charge in [0.2, 0.25) is 0 Å². The van der Waals surface area contributed by atoms with Gasteiger partial charge in [-0.3, -0.25) is 0 Å². The molecule has 0 saturated heterocycles. The zero-order valence-corrected chi connectivity index (χ0v) is 33.7. The molecule has 0 N–H and O–H groups in total. The molecule has 0 aliphatic rings. The van der Waals surface area contributed by atoms with Crippen LogP contribution < -0.4 is 9.80 Å². The Hall–Kier alpha value is -6.72. The Kier molecular flexibility index (Phi) is 7.44. The third-order valence-electron chi connectivity index (χ3n) is 11.9. The van der Waals surface area contributed by atoms with Crippen molar-refractivity contribution >= 4 is 129 Å². The number of rotatable bonds is 6. The molecule has 12 rings (SSSR count). The molecule has 0 atom stereocenters. The summed E-state index contributed by atoms with van der Waals surface area (Å²) in [5.41, 5.74) is 9.41. The molecule has 0 unspecified atom stereocenters. The fraction of sp³-hybridized carbons (Fsp3) is 0.0370. The highest BCUT2D eigenvalue weighted by molar-refractivity contribution is 7.26. The molecule has 0 amide bonds. The maximum absolute atomic E-state index is 2.46. The van der Waals surface area contributed by atoms with Crippen molar-refractivity contribution in [2.75, 3.05) is 9.80 Å². The van der Waals surface area contributed by atoms with E-state index in [9.17, 15) is 0 Å². The monoisotopic (exact) mass is 776 g/mol. The largest absolute Gasteiger partial charge is 0.310 e. The number of anilines is 6. The molecule has 2 nitrogen and oxygen atoms in total. The zero-order chi connectivity index (χ0) is 38.5. The van der Waals surface area contributed by atoms with Crippen molar-refractivity contribution in [2.24, 2.45) is 0 Å². The standard InChI is InChI=1S/C54H36N2S2/c1-33-11-19-37(20-12-33)55(39-23-29-51-45(31-39)41-7-3-5-9-49(41)57-51)47-27-17-35-16-26-44-48(28-18-36-15-25-43(47)53(35)54(36)44)56(38-21-13-34(2)14-22-38)40-24-30-52-46(32-40)42-8-4-6-10-50(42)58-52/h3-32H,1-2H3. The summed E-state index contributed by atoms with van der Waals surface area (Å²) in [5.74, 6) is 0. The van der Waals surface area contributed by atoms with Gasteiger partial charge in [-0.1, -0.05) is 108 Å². The van der Waals surface area contributed by atoms with Crippen LogP contribution in [0.25, 0.3) is 72.7 Å². The number of hydrogen-bond donors (Lipinski definition) is 0. The van der Waals surface area contributed by atoms with Crippen molar-refractivity contribution in [3.63, 3.8) is 0 Å². The Labute approximate surface area is 344 Å². The van der Waals surface area contributed by atoms with Gasteiger partial charge in [0, 0.05) is 73.9 Å².